The Kier molecular flexibility index (Phi) is 5.81. The Labute approximate surface area is 183 Å². The molecule has 32 heavy (non-hydrogen) atoms. The molecule has 2 aromatic carbocycles. The zero-order valence-corrected chi connectivity index (χ0v) is 18.0. The van der Waals surface area contributed by atoms with Crippen molar-refractivity contribution in [2.45, 2.75) is 36.9 Å². The van der Waals surface area contributed by atoms with Crippen LogP contribution in [-0.4, -0.2) is 24.6 Å². The van der Waals surface area contributed by atoms with Gasteiger partial charge in [-0.05, 0) is 60.2 Å². The predicted octanol–water partition coefficient (Wildman–Crippen LogP) is 4.74. The van der Waals surface area contributed by atoms with E-state index in [0.717, 1.165) is 31.7 Å². The van der Waals surface area contributed by atoms with Gasteiger partial charge in [-0.2, -0.15) is 18.2 Å². The molecule has 3 aromatic rings. The number of aryl methyl sites for hydroxylation is 2. The number of nitrogens with one attached hydrogen (secondary N) is 2. The first-order chi connectivity index (χ1) is 15.1. The molecule has 168 valence electrons. The summed E-state index contributed by atoms with van der Waals surface area (Å²) in [7, 11) is -3.43. The van der Waals surface area contributed by atoms with Gasteiger partial charge in [0, 0.05) is 24.7 Å². The molecule has 0 aliphatic heterocycles. The van der Waals surface area contributed by atoms with Gasteiger partial charge in [0.25, 0.3) is 0 Å². The lowest BCUT2D eigenvalue weighted by molar-refractivity contribution is -0.137. The Morgan fingerprint density at radius 2 is 1.84 bits per heavy atom. The highest BCUT2D eigenvalue weighted by atomic mass is 32.2. The maximum Gasteiger partial charge on any atom is 0.421 e. The second kappa shape index (κ2) is 8.42. The number of hydrogen-bond donors (Lipinski definition) is 2. The maximum atomic E-state index is 13.5. The zero-order chi connectivity index (χ0) is 22.9. The Hall–Kier alpha value is -3.14. The number of nitrogens with zero attached hydrogens (tertiary/aromatic N) is 2. The average Bonchev–Trinajstić information content (AvgIpc) is 3.19. The van der Waals surface area contributed by atoms with E-state index in [1.165, 1.54) is 23.3 Å². The molecule has 0 atom stereocenters. The number of sulfone groups is 1. The highest BCUT2D eigenvalue weighted by molar-refractivity contribution is 7.90. The fourth-order valence-corrected chi connectivity index (χ4v) is 4.33. The fourth-order valence-electron chi connectivity index (χ4n) is 3.63. The van der Waals surface area contributed by atoms with Crippen LogP contribution in [0.5, 0.6) is 0 Å². The number of rotatable bonds is 6. The molecule has 10 heteroatoms. The van der Waals surface area contributed by atoms with Gasteiger partial charge >= 0.3 is 6.18 Å². The Morgan fingerprint density at radius 1 is 1.06 bits per heavy atom. The standard InChI is InChI=1S/C22H21F3N4O2S/c1-32(30,31)18-7-2-4-14(10-18)12-26-20-19(22(23,24)25)13-27-21(29-20)28-17-9-8-15-5-3-6-16(15)11-17/h2,4,7-11,13H,3,5-6,12H2,1H3,(H2,26,27,28,29). The van der Waals surface area contributed by atoms with Crippen LogP contribution in [0.3, 0.4) is 0 Å². The van der Waals surface area contributed by atoms with Crippen LogP contribution in [-0.2, 0) is 35.4 Å². The summed E-state index contributed by atoms with van der Waals surface area (Å²) in [5.41, 5.74) is 2.70. The summed E-state index contributed by atoms with van der Waals surface area (Å²) in [6.07, 6.45) is 0.243. The molecule has 6 nitrogen and oxygen atoms in total. The molecule has 4 rings (SSSR count). The van der Waals surface area contributed by atoms with Crippen LogP contribution in [0.15, 0.2) is 53.6 Å². The van der Waals surface area contributed by atoms with Gasteiger partial charge in [0.1, 0.15) is 11.4 Å². The van der Waals surface area contributed by atoms with Gasteiger partial charge in [0.05, 0.1) is 4.90 Å². The van der Waals surface area contributed by atoms with Crippen molar-refractivity contribution in [3.63, 3.8) is 0 Å². The van der Waals surface area contributed by atoms with Crippen molar-refractivity contribution in [3.05, 3.63) is 70.9 Å². The second-order valence-corrected chi connectivity index (χ2v) is 9.70. The lowest BCUT2D eigenvalue weighted by Gasteiger charge is -2.15. The van der Waals surface area contributed by atoms with Crippen LogP contribution in [0.2, 0.25) is 0 Å². The van der Waals surface area contributed by atoms with Crippen LogP contribution in [0.25, 0.3) is 0 Å². The summed E-state index contributed by atoms with van der Waals surface area (Å²) in [4.78, 5) is 7.97. The molecule has 0 saturated carbocycles. The Balaban J connectivity index is 1.58. The highest BCUT2D eigenvalue weighted by Gasteiger charge is 2.35. The van der Waals surface area contributed by atoms with E-state index >= 15 is 0 Å². The van der Waals surface area contributed by atoms with E-state index < -0.39 is 21.6 Å². The molecule has 0 spiro atoms. The molecule has 0 fully saturated rings. The smallest absolute Gasteiger partial charge is 0.365 e. The zero-order valence-electron chi connectivity index (χ0n) is 17.2. The minimum Gasteiger partial charge on any atom is -0.365 e. The summed E-state index contributed by atoms with van der Waals surface area (Å²) < 4.78 is 63.9. The normalized spacial score (nSPS) is 13.6. The van der Waals surface area contributed by atoms with Crippen molar-refractivity contribution < 1.29 is 21.6 Å². The van der Waals surface area contributed by atoms with Crippen molar-refractivity contribution in [2.75, 3.05) is 16.9 Å². The molecule has 1 aliphatic carbocycles. The second-order valence-electron chi connectivity index (χ2n) is 7.69. The van der Waals surface area contributed by atoms with Gasteiger partial charge in [-0.15, -0.1) is 0 Å². The molecule has 0 saturated heterocycles. The van der Waals surface area contributed by atoms with E-state index in [1.807, 2.05) is 18.2 Å². The number of aromatic nitrogens is 2. The summed E-state index contributed by atoms with van der Waals surface area (Å²) >= 11 is 0. The van der Waals surface area contributed by atoms with Crippen molar-refractivity contribution in [1.29, 1.82) is 0 Å². The van der Waals surface area contributed by atoms with E-state index in [9.17, 15) is 21.6 Å². The number of anilines is 3. The van der Waals surface area contributed by atoms with E-state index in [4.69, 9.17) is 0 Å². The van der Waals surface area contributed by atoms with Crippen molar-refractivity contribution in [2.24, 2.45) is 0 Å². The van der Waals surface area contributed by atoms with Crippen LogP contribution < -0.4 is 10.6 Å². The highest BCUT2D eigenvalue weighted by Crippen LogP contribution is 2.34. The molecular formula is C22H21F3N4O2S. The molecule has 0 radical (unpaired) electrons. The number of fused-ring (bicyclic) bond motifs is 1. The van der Waals surface area contributed by atoms with Gasteiger partial charge in [-0.1, -0.05) is 18.2 Å². The molecule has 0 unspecified atom stereocenters. The molecular weight excluding hydrogens is 441 g/mol. The largest absolute Gasteiger partial charge is 0.421 e. The number of hydrogen-bond acceptors (Lipinski definition) is 6. The summed E-state index contributed by atoms with van der Waals surface area (Å²) in [5.74, 6) is -0.357. The SMILES string of the molecule is CS(=O)(=O)c1cccc(CNc2nc(Nc3ccc4c(c3)CCC4)ncc2C(F)(F)F)c1. The third kappa shape index (κ3) is 5.01. The lowest BCUT2D eigenvalue weighted by Crippen LogP contribution is -2.14. The monoisotopic (exact) mass is 462 g/mol. The third-order valence-corrected chi connectivity index (χ3v) is 6.35. The topological polar surface area (TPSA) is 84.0 Å². The first-order valence-electron chi connectivity index (χ1n) is 9.95. The fraction of sp³-hybridized carbons (Fsp3) is 0.273. The minimum absolute atomic E-state index is 0.0309. The minimum atomic E-state index is -4.65. The quantitative estimate of drug-likeness (QED) is 0.550. The van der Waals surface area contributed by atoms with Crippen LogP contribution in [0, 0.1) is 0 Å². The van der Waals surface area contributed by atoms with Crippen LogP contribution in [0.4, 0.5) is 30.6 Å². The van der Waals surface area contributed by atoms with Crippen molar-refractivity contribution in [3.8, 4) is 0 Å². The van der Waals surface area contributed by atoms with E-state index in [1.54, 1.807) is 12.1 Å². The van der Waals surface area contributed by atoms with Crippen molar-refractivity contribution >= 4 is 27.3 Å². The Morgan fingerprint density at radius 3 is 2.59 bits per heavy atom. The average molecular weight is 462 g/mol. The Bertz CT molecular complexity index is 1260. The summed E-state index contributed by atoms with van der Waals surface area (Å²) in [6.45, 7) is -0.0399. The first kappa shape index (κ1) is 22.1. The molecule has 0 amide bonds. The van der Waals surface area contributed by atoms with Crippen LogP contribution in [0.1, 0.15) is 28.7 Å². The maximum absolute atomic E-state index is 13.5. The van der Waals surface area contributed by atoms with E-state index in [-0.39, 0.29) is 23.2 Å². The van der Waals surface area contributed by atoms with E-state index in [2.05, 4.69) is 20.6 Å². The van der Waals surface area contributed by atoms with Gasteiger partial charge in [-0.25, -0.2) is 13.4 Å². The van der Waals surface area contributed by atoms with Gasteiger partial charge < -0.3 is 10.6 Å². The third-order valence-electron chi connectivity index (χ3n) is 5.24. The number of halogens is 3. The lowest BCUT2D eigenvalue weighted by atomic mass is 10.1. The molecule has 1 aromatic heterocycles. The molecule has 1 aliphatic rings. The van der Waals surface area contributed by atoms with E-state index in [0.29, 0.717) is 11.3 Å². The number of benzene rings is 2. The van der Waals surface area contributed by atoms with Crippen LogP contribution >= 0.6 is 0 Å². The predicted molar refractivity (Wildman–Crippen MR) is 116 cm³/mol. The molecule has 2 N–H and O–H groups in total. The van der Waals surface area contributed by atoms with Gasteiger partial charge in [0.15, 0.2) is 9.84 Å². The summed E-state index contributed by atoms with van der Waals surface area (Å²) in [5, 5.41) is 5.65. The first-order valence-corrected chi connectivity index (χ1v) is 11.8. The molecule has 0 bridgehead atoms. The van der Waals surface area contributed by atoms with Gasteiger partial charge in [0.2, 0.25) is 5.95 Å². The summed E-state index contributed by atoms with van der Waals surface area (Å²) in [6, 6.07) is 11.8. The van der Waals surface area contributed by atoms with Crippen molar-refractivity contribution in [1.82, 2.24) is 9.97 Å². The molecule has 1 heterocycles. The number of alkyl halides is 3. The van der Waals surface area contributed by atoms with Gasteiger partial charge in [-0.3, -0.25) is 0 Å².